The topological polar surface area (TPSA) is 70.2 Å². The standard InChI is InChI=1S/C28H31N3O4S/c1-20-8-11-24(12-9-20)36(33,34)31-21(2)18-23-19-22(10-13-25(23)31)28(32)30-16-14-29(15-17-30)26-6-4-5-7-27(26)35-3/h4-13,19,21H,14-18H2,1-3H3/t21-/m1/s1. The number of carbonyl (C=O) groups is 1. The zero-order valence-corrected chi connectivity index (χ0v) is 21.7. The van der Waals surface area contributed by atoms with Gasteiger partial charge in [0.05, 0.1) is 23.4 Å². The van der Waals surface area contributed by atoms with Crippen LogP contribution in [0.5, 0.6) is 5.75 Å². The summed E-state index contributed by atoms with van der Waals surface area (Å²) < 4.78 is 33.8. The van der Waals surface area contributed by atoms with Crippen LogP contribution < -0.4 is 13.9 Å². The average Bonchev–Trinajstić information content (AvgIpc) is 3.24. The van der Waals surface area contributed by atoms with E-state index in [0.29, 0.717) is 30.8 Å². The summed E-state index contributed by atoms with van der Waals surface area (Å²) in [6, 6.07) is 20.0. The molecule has 8 heteroatoms. The number of piperazine rings is 1. The SMILES string of the molecule is COc1ccccc1N1CCN(C(=O)c2ccc3c(c2)C[C@@H](C)N3S(=O)(=O)c2ccc(C)cc2)CC1. The lowest BCUT2D eigenvalue weighted by molar-refractivity contribution is 0.0746. The zero-order chi connectivity index (χ0) is 25.4. The van der Waals surface area contributed by atoms with E-state index in [0.717, 1.165) is 35.7 Å². The second-order valence-electron chi connectivity index (χ2n) is 9.46. The Labute approximate surface area is 212 Å². The second-order valence-corrected chi connectivity index (χ2v) is 11.3. The average molecular weight is 506 g/mol. The Bertz CT molecular complexity index is 1380. The van der Waals surface area contributed by atoms with Crippen molar-refractivity contribution in [1.82, 2.24) is 4.90 Å². The first-order valence-corrected chi connectivity index (χ1v) is 13.6. The molecule has 2 aliphatic rings. The first-order valence-electron chi connectivity index (χ1n) is 12.2. The van der Waals surface area contributed by atoms with Crippen LogP contribution in [0.15, 0.2) is 71.6 Å². The van der Waals surface area contributed by atoms with Crippen LogP contribution in [0.25, 0.3) is 0 Å². The summed E-state index contributed by atoms with van der Waals surface area (Å²) in [6.45, 7) is 6.50. The summed E-state index contributed by atoms with van der Waals surface area (Å²) in [4.78, 5) is 17.7. The Morgan fingerprint density at radius 3 is 2.31 bits per heavy atom. The van der Waals surface area contributed by atoms with Crippen LogP contribution in [0.2, 0.25) is 0 Å². The van der Waals surface area contributed by atoms with E-state index in [2.05, 4.69) is 4.90 Å². The normalized spacial score (nSPS) is 17.8. The van der Waals surface area contributed by atoms with Crippen LogP contribution in [0.1, 0.15) is 28.4 Å². The highest BCUT2D eigenvalue weighted by Crippen LogP contribution is 2.37. The van der Waals surface area contributed by atoms with Gasteiger partial charge in [-0.05, 0) is 68.3 Å². The fourth-order valence-corrected chi connectivity index (χ4v) is 6.84. The number of aryl methyl sites for hydroxylation is 1. The lowest BCUT2D eigenvalue weighted by atomic mass is 10.1. The monoisotopic (exact) mass is 505 g/mol. The van der Waals surface area contributed by atoms with Crippen LogP contribution in [0.4, 0.5) is 11.4 Å². The molecule has 2 heterocycles. The van der Waals surface area contributed by atoms with Gasteiger partial charge in [0.2, 0.25) is 0 Å². The first-order chi connectivity index (χ1) is 17.3. The maximum atomic E-state index is 13.4. The van der Waals surface area contributed by atoms with Crippen LogP contribution >= 0.6 is 0 Å². The first kappa shape index (κ1) is 24.2. The molecule has 0 N–H and O–H groups in total. The Balaban J connectivity index is 1.32. The van der Waals surface area contributed by atoms with E-state index < -0.39 is 10.0 Å². The van der Waals surface area contributed by atoms with Gasteiger partial charge < -0.3 is 14.5 Å². The molecule has 0 aliphatic carbocycles. The molecule has 0 unspecified atom stereocenters. The zero-order valence-electron chi connectivity index (χ0n) is 20.8. The number of nitrogens with zero attached hydrogens (tertiary/aromatic N) is 3. The number of hydrogen-bond donors (Lipinski definition) is 0. The fourth-order valence-electron chi connectivity index (χ4n) is 5.15. The molecule has 1 saturated heterocycles. The molecule has 36 heavy (non-hydrogen) atoms. The van der Waals surface area contributed by atoms with Gasteiger partial charge in [-0.1, -0.05) is 29.8 Å². The van der Waals surface area contributed by atoms with E-state index in [1.807, 2.05) is 61.2 Å². The van der Waals surface area contributed by atoms with E-state index >= 15 is 0 Å². The number of rotatable bonds is 5. The summed E-state index contributed by atoms with van der Waals surface area (Å²) in [7, 11) is -2.02. The van der Waals surface area contributed by atoms with Crippen LogP contribution in [-0.2, 0) is 16.4 Å². The van der Waals surface area contributed by atoms with E-state index in [-0.39, 0.29) is 16.8 Å². The molecule has 3 aromatic rings. The number of fused-ring (bicyclic) bond motifs is 1. The number of ether oxygens (including phenoxy) is 1. The smallest absolute Gasteiger partial charge is 0.264 e. The number of methoxy groups -OCH3 is 1. The van der Waals surface area contributed by atoms with Crippen molar-refractivity contribution in [2.24, 2.45) is 0 Å². The number of amides is 1. The molecular weight excluding hydrogens is 474 g/mol. The third-order valence-electron chi connectivity index (χ3n) is 7.05. The van der Waals surface area contributed by atoms with Gasteiger partial charge in [-0.15, -0.1) is 0 Å². The molecule has 0 saturated carbocycles. The molecule has 1 atom stereocenters. The Hall–Kier alpha value is -3.52. The Morgan fingerprint density at radius 1 is 0.917 bits per heavy atom. The maximum Gasteiger partial charge on any atom is 0.264 e. The van der Waals surface area contributed by atoms with Crippen LogP contribution in [0.3, 0.4) is 0 Å². The van der Waals surface area contributed by atoms with Gasteiger partial charge in [-0.25, -0.2) is 8.42 Å². The molecule has 1 amide bonds. The summed E-state index contributed by atoms with van der Waals surface area (Å²) in [6.07, 6.45) is 0.573. The van der Waals surface area contributed by atoms with Gasteiger partial charge in [0.15, 0.2) is 0 Å². The van der Waals surface area contributed by atoms with E-state index in [4.69, 9.17) is 4.74 Å². The molecule has 1 fully saturated rings. The highest BCUT2D eigenvalue weighted by atomic mass is 32.2. The Kier molecular flexibility index (Phi) is 6.38. The summed E-state index contributed by atoms with van der Waals surface area (Å²) in [5.41, 5.74) is 4.18. The van der Waals surface area contributed by atoms with E-state index in [1.54, 1.807) is 31.4 Å². The van der Waals surface area contributed by atoms with Crippen LogP contribution in [0, 0.1) is 6.92 Å². The minimum Gasteiger partial charge on any atom is -0.495 e. The highest BCUT2D eigenvalue weighted by Gasteiger charge is 2.36. The molecular formula is C28H31N3O4S. The summed E-state index contributed by atoms with van der Waals surface area (Å²) in [5, 5.41) is 0. The predicted octanol–water partition coefficient (Wildman–Crippen LogP) is 4.11. The summed E-state index contributed by atoms with van der Waals surface area (Å²) in [5.74, 6) is 0.806. The van der Waals surface area contributed by atoms with Crippen molar-refractivity contribution < 1.29 is 17.9 Å². The van der Waals surface area contributed by atoms with Gasteiger partial charge >= 0.3 is 0 Å². The number of benzene rings is 3. The van der Waals surface area contributed by atoms with Crippen molar-refractivity contribution >= 4 is 27.3 Å². The molecule has 0 spiro atoms. The third kappa shape index (κ3) is 4.30. The van der Waals surface area contributed by atoms with Gasteiger partial charge in [-0.2, -0.15) is 0 Å². The maximum absolute atomic E-state index is 13.4. The lowest BCUT2D eigenvalue weighted by Gasteiger charge is -2.36. The Morgan fingerprint density at radius 2 is 1.61 bits per heavy atom. The predicted molar refractivity (Wildman–Crippen MR) is 142 cm³/mol. The molecule has 7 nitrogen and oxygen atoms in total. The van der Waals surface area contributed by atoms with Crippen molar-refractivity contribution in [3.63, 3.8) is 0 Å². The molecule has 0 bridgehead atoms. The lowest BCUT2D eigenvalue weighted by Crippen LogP contribution is -2.48. The number of anilines is 2. The van der Waals surface area contributed by atoms with E-state index in [1.165, 1.54) is 4.31 Å². The number of para-hydroxylation sites is 2. The van der Waals surface area contributed by atoms with E-state index in [9.17, 15) is 13.2 Å². The largest absolute Gasteiger partial charge is 0.495 e. The molecule has 3 aromatic carbocycles. The van der Waals surface area contributed by atoms with Crippen molar-refractivity contribution in [1.29, 1.82) is 0 Å². The van der Waals surface area contributed by atoms with Crippen molar-refractivity contribution in [3.8, 4) is 5.75 Å². The summed E-state index contributed by atoms with van der Waals surface area (Å²) >= 11 is 0. The number of sulfonamides is 1. The van der Waals surface area contributed by atoms with Gasteiger partial charge in [0.25, 0.3) is 15.9 Å². The van der Waals surface area contributed by atoms with Gasteiger partial charge in [0.1, 0.15) is 5.75 Å². The van der Waals surface area contributed by atoms with Gasteiger partial charge in [-0.3, -0.25) is 9.10 Å². The third-order valence-corrected chi connectivity index (χ3v) is 8.99. The molecule has 0 radical (unpaired) electrons. The van der Waals surface area contributed by atoms with Gasteiger partial charge in [0, 0.05) is 37.8 Å². The number of hydrogen-bond acceptors (Lipinski definition) is 5. The minimum absolute atomic E-state index is 0.0232. The number of carbonyl (C=O) groups excluding carboxylic acids is 1. The fraction of sp³-hybridized carbons (Fsp3) is 0.321. The molecule has 188 valence electrons. The molecule has 5 rings (SSSR count). The molecule has 2 aliphatic heterocycles. The van der Waals surface area contributed by atoms with Crippen molar-refractivity contribution in [2.45, 2.75) is 31.2 Å². The van der Waals surface area contributed by atoms with Crippen molar-refractivity contribution in [2.75, 3.05) is 42.5 Å². The highest BCUT2D eigenvalue weighted by molar-refractivity contribution is 7.92. The minimum atomic E-state index is -3.69. The second kappa shape index (κ2) is 9.50. The quantitative estimate of drug-likeness (QED) is 0.522. The van der Waals surface area contributed by atoms with Crippen molar-refractivity contribution in [3.05, 3.63) is 83.4 Å². The van der Waals surface area contributed by atoms with Crippen LogP contribution in [-0.4, -0.2) is 58.6 Å². The molecule has 0 aromatic heterocycles.